The Kier molecular flexibility index (Phi) is 4.84. The Hall–Kier alpha value is -1.50. The topological polar surface area (TPSA) is 30.0 Å². The van der Waals surface area contributed by atoms with Gasteiger partial charge in [0.15, 0.2) is 5.12 Å². The summed E-state index contributed by atoms with van der Waals surface area (Å²) in [5.74, 6) is 6.88. The van der Waals surface area contributed by atoms with Gasteiger partial charge < -0.3 is 0 Å². The van der Waals surface area contributed by atoms with Crippen LogP contribution in [0.4, 0.5) is 0 Å². The second-order valence-electron chi connectivity index (χ2n) is 3.90. The molecule has 2 aromatic rings. The molecule has 1 aromatic carbocycles. The van der Waals surface area contributed by atoms with Crippen LogP contribution >= 0.6 is 23.4 Å². The molecule has 0 radical (unpaired) electrons. The number of hydrogen-bond acceptors (Lipinski definition) is 3. The number of rotatable bonds is 2. The van der Waals surface area contributed by atoms with Crippen LogP contribution in [0.25, 0.3) is 10.8 Å². The minimum Gasteiger partial charge on any atom is -0.288 e. The SMILES string of the molecule is CC(=O)SCCC#Cc1cnc(Cl)c2ccccc12. The maximum atomic E-state index is 10.8. The van der Waals surface area contributed by atoms with E-state index >= 15 is 0 Å². The summed E-state index contributed by atoms with van der Waals surface area (Å²) in [5.41, 5.74) is 0.868. The van der Waals surface area contributed by atoms with Crippen molar-refractivity contribution in [3.63, 3.8) is 0 Å². The van der Waals surface area contributed by atoms with E-state index in [1.165, 1.54) is 11.8 Å². The van der Waals surface area contributed by atoms with Crippen molar-refractivity contribution < 1.29 is 4.79 Å². The van der Waals surface area contributed by atoms with Crippen LogP contribution in [0.5, 0.6) is 0 Å². The van der Waals surface area contributed by atoms with Crippen molar-refractivity contribution in [2.24, 2.45) is 0 Å². The van der Waals surface area contributed by atoms with E-state index in [1.807, 2.05) is 24.3 Å². The first-order chi connectivity index (χ1) is 9.18. The Balaban J connectivity index is 2.20. The molecule has 0 aliphatic carbocycles. The zero-order valence-electron chi connectivity index (χ0n) is 10.4. The van der Waals surface area contributed by atoms with Gasteiger partial charge in [0.25, 0.3) is 0 Å². The second-order valence-corrected chi connectivity index (χ2v) is 5.53. The molecule has 0 aliphatic rings. The predicted octanol–water partition coefficient (Wildman–Crippen LogP) is 3.91. The summed E-state index contributed by atoms with van der Waals surface area (Å²) in [6.45, 7) is 1.56. The Labute approximate surface area is 121 Å². The van der Waals surface area contributed by atoms with Gasteiger partial charge in [0.05, 0.1) is 5.56 Å². The molecule has 96 valence electrons. The van der Waals surface area contributed by atoms with Crippen molar-refractivity contribution >= 4 is 39.3 Å². The van der Waals surface area contributed by atoms with Crippen LogP contribution in [-0.4, -0.2) is 15.9 Å². The van der Waals surface area contributed by atoms with Crippen molar-refractivity contribution in [2.75, 3.05) is 5.75 Å². The molecule has 0 saturated heterocycles. The Morgan fingerprint density at radius 1 is 1.37 bits per heavy atom. The third-order valence-corrected chi connectivity index (χ3v) is 3.62. The number of halogens is 1. The average Bonchev–Trinajstić information content (AvgIpc) is 2.41. The quantitative estimate of drug-likeness (QED) is 0.477. The van der Waals surface area contributed by atoms with Gasteiger partial charge in [-0.15, -0.1) is 0 Å². The van der Waals surface area contributed by atoms with Crippen LogP contribution in [0.3, 0.4) is 0 Å². The summed E-state index contributed by atoms with van der Waals surface area (Å²) in [6.07, 6.45) is 2.37. The van der Waals surface area contributed by atoms with Crippen molar-refractivity contribution in [1.82, 2.24) is 4.98 Å². The Morgan fingerprint density at radius 2 is 2.11 bits per heavy atom. The van der Waals surface area contributed by atoms with Crippen LogP contribution in [-0.2, 0) is 4.79 Å². The highest BCUT2D eigenvalue weighted by Gasteiger charge is 2.02. The molecule has 1 heterocycles. The fourth-order valence-electron chi connectivity index (χ4n) is 1.66. The molecule has 0 N–H and O–H groups in total. The highest BCUT2D eigenvalue weighted by Crippen LogP contribution is 2.23. The summed E-state index contributed by atoms with van der Waals surface area (Å²) >= 11 is 7.34. The summed E-state index contributed by atoms with van der Waals surface area (Å²) in [6, 6.07) is 7.80. The fourth-order valence-corrected chi connectivity index (χ4v) is 2.37. The molecule has 0 saturated carbocycles. The lowest BCUT2D eigenvalue weighted by atomic mass is 10.1. The Morgan fingerprint density at radius 3 is 2.84 bits per heavy atom. The molecule has 0 unspecified atom stereocenters. The molecule has 0 amide bonds. The first-order valence-electron chi connectivity index (χ1n) is 5.84. The molecule has 1 aromatic heterocycles. The van der Waals surface area contributed by atoms with E-state index in [2.05, 4.69) is 16.8 Å². The maximum Gasteiger partial charge on any atom is 0.185 e. The number of carbonyl (C=O) groups excluding carboxylic acids is 1. The van der Waals surface area contributed by atoms with Crippen molar-refractivity contribution in [3.05, 3.63) is 41.2 Å². The number of nitrogens with zero attached hydrogens (tertiary/aromatic N) is 1. The molecule has 19 heavy (non-hydrogen) atoms. The lowest BCUT2D eigenvalue weighted by Crippen LogP contribution is -1.86. The van der Waals surface area contributed by atoms with E-state index in [0.717, 1.165) is 22.1 Å². The highest BCUT2D eigenvalue weighted by atomic mass is 35.5. The van der Waals surface area contributed by atoms with E-state index in [9.17, 15) is 4.79 Å². The van der Waals surface area contributed by atoms with Crippen LogP contribution in [0, 0.1) is 11.8 Å². The monoisotopic (exact) mass is 289 g/mol. The lowest BCUT2D eigenvalue weighted by Gasteiger charge is -2.01. The Bertz CT molecular complexity index is 673. The molecule has 0 atom stereocenters. The van der Waals surface area contributed by atoms with Crippen LogP contribution in [0.15, 0.2) is 30.5 Å². The number of carbonyl (C=O) groups is 1. The average molecular weight is 290 g/mol. The smallest absolute Gasteiger partial charge is 0.185 e. The van der Waals surface area contributed by atoms with Crippen molar-refractivity contribution in [3.8, 4) is 11.8 Å². The normalized spacial score (nSPS) is 10.0. The third kappa shape index (κ3) is 3.73. The van der Waals surface area contributed by atoms with E-state index < -0.39 is 0 Å². The molecular weight excluding hydrogens is 278 g/mol. The lowest BCUT2D eigenvalue weighted by molar-refractivity contribution is -0.109. The first kappa shape index (κ1) is 13.9. The van der Waals surface area contributed by atoms with Gasteiger partial charge in [0, 0.05) is 36.1 Å². The van der Waals surface area contributed by atoms with Gasteiger partial charge in [0.1, 0.15) is 5.15 Å². The van der Waals surface area contributed by atoms with Gasteiger partial charge in [-0.25, -0.2) is 4.98 Å². The summed E-state index contributed by atoms with van der Waals surface area (Å²) in [5, 5.41) is 2.54. The van der Waals surface area contributed by atoms with Crippen LogP contribution in [0.2, 0.25) is 5.15 Å². The predicted molar refractivity (Wildman–Crippen MR) is 81.4 cm³/mol. The maximum absolute atomic E-state index is 10.8. The van der Waals surface area contributed by atoms with Gasteiger partial charge in [-0.05, 0) is 0 Å². The standard InChI is InChI=1S/C15H12ClNOS/c1-11(18)19-9-5-4-6-12-10-17-15(16)14-8-3-2-7-13(12)14/h2-3,7-8,10H,5,9H2,1H3. The molecule has 0 bridgehead atoms. The molecule has 0 fully saturated rings. The minimum absolute atomic E-state index is 0.125. The van der Waals surface area contributed by atoms with E-state index in [0.29, 0.717) is 11.6 Å². The third-order valence-electron chi connectivity index (χ3n) is 2.50. The van der Waals surface area contributed by atoms with Crippen molar-refractivity contribution in [1.29, 1.82) is 0 Å². The fraction of sp³-hybridized carbons (Fsp3) is 0.200. The summed E-state index contributed by atoms with van der Waals surface area (Å²) < 4.78 is 0. The van der Waals surface area contributed by atoms with Gasteiger partial charge in [-0.2, -0.15) is 0 Å². The number of fused-ring (bicyclic) bond motifs is 1. The largest absolute Gasteiger partial charge is 0.288 e. The highest BCUT2D eigenvalue weighted by molar-refractivity contribution is 8.13. The number of pyridine rings is 1. The molecule has 0 spiro atoms. The number of thioether (sulfide) groups is 1. The van der Waals surface area contributed by atoms with E-state index in [4.69, 9.17) is 11.6 Å². The minimum atomic E-state index is 0.125. The van der Waals surface area contributed by atoms with Gasteiger partial charge >= 0.3 is 0 Å². The summed E-state index contributed by atoms with van der Waals surface area (Å²) in [7, 11) is 0. The zero-order chi connectivity index (χ0) is 13.7. The van der Waals surface area contributed by atoms with Crippen LogP contribution in [0.1, 0.15) is 18.9 Å². The van der Waals surface area contributed by atoms with Crippen molar-refractivity contribution in [2.45, 2.75) is 13.3 Å². The van der Waals surface area contributed by atoms with Gasteiger partial charge in [-0.1, -0.05) is 59.5 Å². The first-order valence-corrected chi connectivity index (χ1v) is 7.20. The second kappa shape index (κ2) is 6.60. The molecule has 4 heteroatoms. The van der Waals surface area contributed by atoms with Gasteiger partial charge in [0.2, 0.25) is 0 Å². The zero-order valence-corrected chi connectivity index (χ0v) is 12.0. The number of benzene rings is 1. The molecule has 2 rings (SSSR count). The molecule has 2 nitrogen and oxygen atoms in total. The van der Waals surface area contributed by atoms with E-state index in [1.54, 1.807) is 13.1 Å². The number of aromatic nitrogens is 1. The van der Waals surface area contributed by atoms with Gasteiger partial charge in [-0.3, -0.25) is 4.79 Å². The molecular formula is C15H12ClNOS. The number of hydrogen-bond donors (Lipinski definition) is 0. The van der Waals surface area contributed by atoms with E-state index in [-0.39, 0.29) is 5.12 Å². The molecule has 0 aliphatic heterocycles. The van der Waals surface area contributed by atoms with Crippen LogP contribution < -0.4 is 0 Å². The summed E-state index contributed by atoms with van der Waals surface area (Å²) in [4.78, 5) is 14.9.